The number of thioether (sulfide) groups is 1. The molecule has 0 amide bonds. The Balaban J connectivity index is 2.57. The number of hydrogen-bond donors (Lipinski definition) is 1. The van der Waals surface area contributed by atoms with Crippen molar-refractivity contribution in [1.29, 1.82) is 0 Å². The van der Waals surface area contributed by atoms with Crippen LogP contribution in [0.2, 0.25) is 5.02 Å². The molecule has 1 aromatic carbocycles. The molecule has 0 spiro atoms. The van der Waals surface area contributed by atoms with Crippen LogP contribution in [0.5, 0.6) is 0 Å². The molecule has 88 valence electrons. The van der Waals surface area contributed by atoms with E-state index in [0.717, 1.165) is 23.5 Å². The molecular weight excluding hydrogens is 248 g/mol. The van der Waals surface area contributed by atoms with E-state index < -0.39 is 4.92 Å². The molecule has 0 radical (unpaired) electrons. The third-order valence-corrected chi connectivity index (χ3v) is 3.44. The van der Waals surface area contributed by atoms with Gasteiger partial charge in [-0.2, -0.15) is 11.8 Å². The quantitative estimate of drug-likeness (QED) is 0.485. The number of nitrogens with zero attached hydrogens (tertiary/aromatic N) is 1. The van der Waals surface area contributed by atoms with Crippen molar-refractivity contribution in [3.63, 3.8) is 0 Å². The first-order chi connectivity index (χ1) is 7.65. The van der Waals surface area contributed by atoms with Gasteiger partial charge in [-0.15, -0.1) is 0 Å². The highest BCUT2D eigenvalue weighted by molar-refractivity contribution is 7.98. The van der Waals surface area contributed by atoms with E-state index in [1.807, 2.05) is 0 Å². The van der Waals surface area contributed by atoms with E-state index in [4.69, 9.17) is 17.3 Å². The first kappa shape index (κ1) is 13.3. The lowest BCUT2D eigenvalue weighted by atomic mass is 10.2. The van der Waals surface area contributed by atoms with Crippen molar-refractivity contribution in [2.75, 3.05) is 12.3 Å². The Morgan fingerprint density at radius 1 is 1.50 bits per heavy atom. The lowest BCUT2D eigenvalue weighted by Gasteiger charge is -2.03. The second-order valence-corrected chi connectivity index (χ2v) is 4.74. The van der Waals surface area contributed by atoms with Crippen molar-refractivity contribution in [3.05, 3.63) is 38.9 Å². The highest BCUT2D eigenvalue weighted by Crippen LogP contribution is 2.25. The van der Waals surface area contributed by atoms with Crippen LogP contribution in [0.3, 0.4) is 0 Å². The van der Waals surface area contributed by atoms with E-state index in [2.05, 4.69) is 0 Å². The van der Waals surface area contributed by atoms with Crippen LogP contribution in [0.1, 0.15) is 12.0 Å². The lowest BCUT2D eigenvalue weighted by molar-refractivity contribution is -0.384. The van der Waals surface area contributed by atoms with Crippen LogP contribution in [0, 0.1) is 10.1 Å². The van der Waals surface area contributed by atoms with E-state index in [1.54, 1.807) is 17.8 Å². The number of nitro benzene ring substituents is 1. The first-order valence-corrected chi connectivity index (χ1v) is 6.39. The van der Waals surface area contributed by atoms with Gasteiger partial charge in [0.15, 0.2) is 0 Å². The monoisotopic (exact) mass is 260 g/mol. The third-order valence-electron chi connectivity index (χ3n) is 2.00. The molecule has 0 aliphatic rings. The van der Waals surface area contributed by atoms with Crippen LogP contribution in [-0.2, 0) is 5.75 Å². The Morgan fingerprint density at radius 2 is 2.25 bits per heavy atom. The van der Waals surface area contributed by atoms with Gasteiger partial charge in [-0.05, 0) is 30.3 Å². The molecule has 0 heterocycles. The van der Waals surface area contributed by atoms with E-state index in [9.17, 15) is 10.1 Å². The fraction of sp³-hybridized carbons (Fsp3) is 0.400. The van der Waals surface area contributed by atoms with Gasteiger partial charge in [0.25, 0.3) is 5.69 Å². The van der Waals surface area contributed by atoms with Crippen molar-refractivity contribution in [2.24, 2.45) is 5.73 Å². The van der Waals surface area contributed by atoms with E-state index in [-0.39, 0.29) is 5.69 Å². The van der Waals surface area contributed by atoms with Crippen LogP contribution in [0.15, 0.2) is 18.2 Å². The summed E-state index contributed by atoms with van der Waals surface area (Å²) in [6.07, 6.45) is 0.968. The molecule has 4 nitrogen and oxygen atoms in total. The first-order valence-electron chi connectivity index (χ1n) is 4.85. The average Bonchev–Trinajstić information content (AvgIpc) is 2.26. The van der Waals surface area contributed by atoms with Gasteiger partial charge < -0.3 is 5.73 Å². The molecule has 0 atom stereocenters. The lowest BCUT2D eigenvalue weighted by Crippen LogP contribution is -1.99. The molecule has 0 saturated heterocycles. The number of hydrogen-bond acceptors (Lipinski definition) is 4. The third kappa shape index (κ3) is 4.00. The molecule has 0 aromatic heterocycles. The second-order valence-electron chi connectivity index (χ2n) is 3.23. The van der Waals surface area contributed by atoms with Gasteiger partial charge in [-0.25, -0.2) is 0 Å². The predicted molar refractivity (Wildman–Crippen MR) is 67.9 cm³/mol. The highest BCUT2D eigenvalue weighted by Gasteiger charge is 2.08. The minimum atomic E-state index is -0.447. The SMILES string of the molecule is NCCCSCc1ccc([N+](=O)[O-])cc1Cl. The largest absolute Gasteiger partial charge is 0.330 e. The van der Waals surface area contributed by atoms with Crippen LogP contribution in [-0.4, -0.2) is 17.2 Å². The summed E-state index contributed by atoms with van der Waals surface area (Å²) in [6.45, 7) is 0.682. The van der Waals surface area contributed by atoms with Crippen LogP contribution < -0.4 is 5.73 Å². The summed E-state index contributed by atoms with van der Waals surface area (Å²) >= 11 is 7.67. The molecule has 0 fully saturated rings. The number of halogens is 1. The summed E-state index contributed by atoms with van der Waals surface area (Å²) in [5.41, 5.74) is 6.33. The Hall–Kier alpha value is -0.780. The maximum absolute atomic E-state index is 10.5. The van der Waals surface area contributed by atoms with E-state index in [0.29, 0.717) is 11.6 Å². The van der Waals surface area contributed by atoms with Crippen molar-refractivity contribution in [3.8, 4) is 0 Å². The summed E-state index contributed by atoms with van der Waals surface area (Å²) in [5.74, 6) is 1.74. The van der Waals surface area contributed by atoms with E-state index in [1.165, 1.54) is 12.1 Å². The molecule has 0 unspecified atom stereocenters. The van der Waals surface area contributed by atoms with Gasteiger partial charge >= 0.3 is 0 Å². The number of nitrogens with two attached hydrogens (primary N) is 1. The molecule has 0 aliphatic heterocycles. The molecule has 2 N–H and O–H groups in total. The molecule has 0 aliphatic carbocycles. The zero-order valence-corrected chi connectivity index (χ0v) is 10.3. The maximum Gasteiger partial charge on any atom is 0.270 e. The zero-order valence-electron chi connectivity index (χ0n) is 8.69. The van der Waals surface area contributed by atoms with Crippen molar-refractivity contribution in [1.82, 2.24) is 0 Å². The molecule has 16 heavy (non-hydrogen) atoms. The van der Waals surface area contributed by atoms with E-state index >= 15 is 0 Å². The fourth-order valence-electron chi connectivity index (χ4n) is 1.13. The summed E-state index contributed by atoms with van der Waals surface area (Å²) < 4.78 is 0. The van der Waals surface area contributed by atoms with Crippen molar-refractivity contribution >= 4 is 29.1 Å². The van der Waals surface area contributed by atoms with Gasteiger partial charge in [0, 0.05) is 17.9 Å². The minimum Gasteiger partial charge on any atom is -0.330 e. The van der Waals surface area contributed by atoms with Crippen molar-refractivity contribution in [2.45, 2.75) is 12.2 Å². The summed E-state index contributed by atoms with van der Waals surface area (Å²) in [7, 11) is 0. The standard InChI is InChI=1S/C10H13ClN2O2S/c11-10-6-9(13(14)15)3-2-8(10)7-16-5-1-4-12/h2-3,6H,1,4-5,7,12H2. The second kappa shape index (κ2) is 6.73. The molecule has 1 aromatic rings. The van der Waals surface area contributed by atoms with Crippen LogP contribution in [0.25, 0.3) is 0 Å². The number of benzene rings is 1. The van der Waals surface area contributed by atoms with Gasteiger partial charge in [0.1, 0.15) is 0 Å². The Labute approximate surface area is 103 Å². The zero-order chi connectivity index (χ0) is 12.0. The molecule has 1 rings (SSSR count). The number of nitro groups is 1. The fourth-order valence-corrected chi connectivity index (χ4v) is 2.44. The van der Waals surface area contributed by atoms with Crippen LogP contribution in [0.4, 0.5) is 5.69 Å². The normalized spacial score (nSPS) is 10.4. The smallest absolute Gasteiger partial charge is 0.270 e. The molecular formula is C10H13ClN2O2S. The molecule has 6 heteroatoms. The highest BCUT2D eigenvalue weighted by atomic mass is 35.5. The van der Waals surface area contributed by atoms with Gasteiger partial charge in [-0.3, -0.25) is 10.1 Å². The topological polar surface area (TPSA) is 69.2 Å². The number of rotatable bonds is 6. The Morgan fingerprint density at radius 3 is 2.81 bits per heavy atom. The summed E-state index contributed by atoms with van der Waals surface area (Å²) in [6, 6.07) is 4.57. The Kier molecular flexibility index (Phi) is 5.59. The predicted octanol–water partition coefficient (Wildman–Crippen LogP) is 2.83. The molecule has 0 saturated carbocycles. The number of non-ortho nitro benzene ring substituents is 1. The van der Waals surface area contributed by atoms with Crippen molar-refractivity contribution < 1.29 is 4.92 Å². The molecule has 0 bridgehead atoms. The maximum atomic E-state index is 10.5. The Bertz CT molecular complexity index is 374. The summed E-state index contributed by atoms with van der Waals surface area (Å²) in [4.78, 5) is 10.0. The minimum absolute atomic E-state index is 0.0284. The van der Waals surface area contributed by atoms with Gasteiger partial charge in [0.05, 0.1) is 9.95 Å². The van der Waals surface area contributed by atoms with Gasteiger partial charge in [-0.1, -0.05) is 11.6 Å². The van der Waals surface area contributed by atoms with Gasteiger partial charge in [0.2, 0.25) is 0 Å². The van der Waals surface area contributed by atoms with Crippen LogP contribution >= 0.6 is 23.4 Å². The summed E-state index contributed by atoms with van der Waals surface area (Å²) in [5, 5.41) is 10.9. The average molecular weight is 261 g/mol.